The van der Waals surface area contributed by atoms with Crippen LogP contribution >= 0.6 is 11.6 Å². The average Bonchev–Trinajstić information content (AvgIpc) is 4.18. The minimum absolute atomic E-state index is 0. The van der Waals surface area contributed by atoms with Gasteiger partial charge in [0.05, 0.1) is 13.1 Å². The first-order valence-electron chi connectivity index (χ1n) is 22.9. The monoisotopic (exact) mass is 1010 g/mol. The number of amides is 2. The lowest BCUT2D eigenvalue weighted by Crippen LogP contribution is -2.46. The maximum Gasteiger partial charge on any atom is 0.411 e. The second-order valence-electron chi connectivity index (χ2n) is 19.7. The highest BCUT2D eigenvalue weighted by Crippen LogP contribution is 2.45. The SMILES string of the molecule is C.C.CC(C)(C)OC(=O)[C@@H]1C[C@]2(CC(C(=O)c3ccccc3)=NO2)CN1C(=O)OC(C)(C)C.CCl.O=C(C1=NO[C@]2(C1)C[C@@H](C(=O)O)N(C(=O)OCC1c3ccccc3-c3ccccc31)C2)c1ccccc1. The third-order valence-corrected chi connectivity index (χ3v) is 12.2. The Morgan fingerprint density at radius 1 is 0.611 bits per heavy atom. The summed E-state index contributed by atoms with van der Waals surface area (Å²) < 4.78 is 16.7. The number of carbonyl (C=O) groups excluding carboxylic acids is 5. The van der Waals surface area contributed by atoms with Gasteiger partial charge in [0.2, 0.25) is 11.6 Å². The van der Waals surface area contributed by atoms with Gasteiger partial charge in [-0.1, -0.05) is 134 Å². The van der Waals surface area contributed by atoms with E-state index in [1.54, 1.807) is 90.1 Å². The van der Waals surface area contributed by atoms with Crippen molar-refractivity contribution in [2.75, 3.05) is 26.1 Å². The summed E-state index contributed by atoms with van der Waals surface area (Å²) in [5, 5.41) is 17.9. The van der Waals surface area contributed by atoms with E-state index in [1.165, 1.54) is 16.2 Å². The largest absolute Gasteiger partial charge is 0.480 e. The van der Waals surface area contributed by atoms with E-state index in [4.69, 9.17) is 23.9 Å². The number of hydrogen-bond donors (Lipinski definition) is 1. The van der Waals surface area contributed by atoms with Crippen LogP contribution in [0.1, 0.15) is 120 Å². The van der Waals surface area contributed by atoms with E-state index in [9.17, 15) is 33.9 Å². The number of oxime groups is 2. The molecule has 4 atom stereocenters. The molecule has 0 radical (unpaired) electrons. The highest BCUT2D eigenvalue weighted by molar-refractivity contribution is 6.47. The zero-order valence-corrected chi connectivity index (χ0v) is 40.9. The number of carbonyl (C=O) groups is 6. The van der Waals surface area contributed by atoms with Crippen LogP contribution in [0.5, 0.6) is 0 Å². The fraction of sp³-hybridized carbons (Fsp3) is 0.418. The normalized spacial score (nSPS) is 21.3. The van der Waals surface area contributed by atoms with Crippen LogP contribution in [0, 0.1) is 0 Å². The smallest absolute Gasteiger partial charge is 0.411 e. The number of nitrogens with zero attached hydrogens (tertiary/aromatic N) is 4. The van der Waals surface area contributed by atoms with E-state index < -0.39 is 58.6 Å². The van der Waals surface area contributed by atoms with Crippen molar-refractivity contribution < 1.29 is 57.8 Å². The third kappa shape index (κ3) is 12.3. The Morgan fingerprint density at radius 2 is 1.01 bits per heavy atom. The molecule has 2 fully saturated rings. The molecular weight excluding hydrogens is 944 g/mol. The molecule has 9 rings (SSSR count). The Bertz CT molecular complexity index is 2620. The predicted molar refractivity (Wildman–Crippen MR) is 274 cm³/mol. The number of likely N-dealkylation sites (tertiary alicyclic amines) is 2. The van der Waals surface area contributed by atoms with Gasteiger partial charge in [0, 0.05) is 49.1 Å². The summed E-state index contributed by atoms with van der Waals surface area (Å²) in [4.78, 5) is 90.5. The summed E-state index contributed by atoms with van der Waals surface area (Å²) in [7, 11) is 0. The highest BCUT2D eigenvalue weighted by atomic mass is 35.5. The fourth-order valence-corrected chi connectivity index (χ4v) is 9.26. The minimum atomic E-state index is -1.16. The summed E-state index contributed by atoms with van der Waals surface area (Å²) in [5.74, 6) is -2.35. The number of carboxylic acids is 1. The van der Waals surface area contributed by atoms with Gasteiger partial charge in [0.15, 0.2) is 11.2 Å². The number of ketones is 2. The van der Waals surface area contributed by atoms with Crippen molar-refractivity contribution in [2.45, 2.75) is 122 Å². The Hall–Kier alpha value is -7.07. The van der Waals surface area contributed by atoms with E-state index in [-0.39, 0.29) is 89.1 Å². The molecule has 1 aliphatic carbocycles. The van der Waals surface area contributed by atoms with Crippen LogP contribution in [0.25, 0.3) is 11.1 Å². The molecule has 17 heteroatoms. The summed E-state index contributed by atoms with van der Waals surface area (Å²) in [6, 6.07) is 31.5. The molecule has 2 saturated heterocycles. The van der Waals surface area contributed by atoms with Crippen molar-refractivity contribution in [3.63, 3.8) is 0 Å². The van der Waals surface area contributed by atoms with Gasteiger partial charge >= 0.3 is 24.1 Å². The number of esters is 1. The van der Waals surface area contributed by atoms with Crippen molar-refractivity contribution in [1.82, 2.24) is 9.80 Å². The number of Topliss-reactive ketones (excluding diaryl/α,β-unsaturated/α-hetero) is 2. The van der Waals surface area contributed by atoms with Crippen molar-refractivity contribution >= 4 is 58.7 Å². The molecule has 16 nitrogen and oxygen atoms in total. The molecule has 4 aliphatic heterocycles. The topological polar surface area (TPSA) is 200 Å². The molecule has 2 amide bonds. The van der Waals surface area contributed by atoms with Crippen LogP contribution in [0.4, 0.5) is 9.59 Å². The van der Waals surface area contributed by atoms with Gasteiger partial charge < -0.3 is 29.0 Å². The van der Waals surface area contributed by atoms with Crippen molar-refractivity contribution in [3.05, 3.63) is 131 Å². The maximum atomic E-state index is 13.2. The Kier molecular flexibility index (Phi) is 17.5. The van der Waals surface area contributed by atoms with Gasteiger partial charge in [0.25, 0.3) is 0 Å². The lowest BCUT2D eigenvalue weighted by Gasteiger charge is -2.29. The predicted octanol–water partition coefficient (Wildman–Crippen LogP) is 10.4. The molecule has 72 heavy (non-hydrogen) atoms. The number of aliphatic carboxylic acids is 1. The Morgan fingerprint density at radius 3 is 1.44 bits per heavy atom. The summed E-state index contributed by atoms with van der Waals surface area (Å²) >= 11 is 4.64. The molecule has 0 unspecified atom stereocenters. The molecule has 0 aromatic heterocycles. The molecule has 1 N–H and O–H groups in total. The molecule has 0 saturated carbocycles. The zero-order valence-electron chi connectivity index (χ0n) is 40.2. The molecule has 384 valence electrons. The van der Waals surface area contributed by atoms with Crippen molar-refractivity contribution in [1.29, 1.82) is 0 Å². The lowest BCUT2D eigenvalue weighted by atomic mass is 9.91. The first-order chi connectivity index (χ1) is 33.2. The van der Waals surface area contributed by atoms with Gasteiger partial charge in [-0.15, -0.1) is 11.6 Å². The number of hydrogen-bond acceptors (Lipinski definition) is 13. The Balaban J connectivity index is 0.000000256. The number of carboxylic acid groups (broad SMARTS) is 1. The standard InChI is InChI=1S/C29H24N2O6.C23H30N2O6.CH3Cl.2CH4/c32-26(18-8-2-1-3-9-18)24-14-29(37-30-24)15-25(27(33)34)31(17-29)28(35)36-16-23-21-12-6-4-10-19(21)20-11-5-7-13-22(20)23;1-21(2,3)29-19(27)17-13-23(14-25(17)20(28)30-22(4,5)6)12-16(24-31-23)18(26)15-10-8-7-9-11-15;1-2;;/h1-13,23,25H,14-17H2,(H,33,34);7-11,17H,12-14H2,1-6H3;1H3;2*1H4/t25-,29+;17-,23+;;;/m00.../s1. The van der Waals surface area contributed by atoms with E-state index in [1.807, 2.05) is 60.7 Å². The number of benzene rings is 4. The van der Waals surface area contributed by atoms with E-state index in [2.05, 4.69) is 21.9 Å². The van der Waals surface area contributed by atoms with Crippen LogP contribution in [0.15, 0.2) is 120 Å². The number of ether oxygens (including phenoxy) is 3. The molecule has 4 aromatic carbocycles. The summed E-state index contributed by atoms with van der Waals surface area (Å²) in [6.45, 7) is 10.7. The van der Waals surface area contributed by atoms with E-state index in [0.29, 0.717) is 11.1 Å². The van der Waals surface area contributed by atoms with Gasteiger partial charge in [-0.3, -0.25) is 19.4 Å². The van der Waals surface area contributed by atoms with Crippen LogP contribution in [-0.4, -0.2) is 123 Å². The molecular formula is C55H65ClN4O12. The molecule has 4 heterocycles. The van der Waals surface area contributed by atoms with Crippen molar-refractivity contribution in [2.24, 2.45) is 10.3 Å². The van der Waals surface area contributed by atoms with Gasteiger partial charge in [0.1, 0.15) is 41.3 Å². The molecule has 2 spiro atoms. The van der Waals surface area contributed by atoms with Crippen LogP contribution in [0.2, 0.25) is 0 Å². The van der Waals surface area contributed by atoms with Crippen LogP contribution < -0.4 is 0 Å². The fourth-order valence-electron chi connectivity index (χ4n) is 9.26. The van der Waals surface area contributed by atoms with Crippen LogP contribution in [-0.2, 0) is 33.5 Å². The number of rotatable bonds is 8. The zero-order chi connectivity index (χ0) is 50.6. The first kappa shape index (κ1) is 55.9. The second kappa shape index (κ2) is 22.6. The Labute approximate surface area is 426 Å². The van der Waals surface area contributed by atoms with Crippen LogP contribution in [0.3, 0.4) is 0 Å². The van der Waals surface area contributed by atoms with Gasteiger partial charge in [-0.25, -0.2) is 19.2 Å². The highest BCUT2D eigenvalue weighted by Gasteiger charge is 2.57. The molecule has 0 bridgehead atoms. The minimum Gasteiger partial charge on any atom is -0.480 e. The maximum absolute atomic E-state index is 13.2. The second-order valence-corrected chi connectivity index (χ2v) is 19.7. The van der Waals surface area contributed by atoms with Gasteiger partial charge in [-0.05, 0) is 63.8 Å². The molecule has 4 aromatic rings. The first-order valence-corrected chi connectivity index (χ1v) is 23.6. The quantitative estimate of drug-likeness (QED) is 0.0759. The number of alkyl halides is 1. The van der Waals surface area contributed by atoms with E-state index in [0.717, 1.165) is 22.3 Å². The lowest BCUT2D eigenvalue weighted by molar-refractivity contribution is -0.160. The van der Waals surface area contributed by atoms with Gasteiger partial charge in [-0.2, -0.15) is 0 Å². The average molecular weight is 1010 g/mol. The number of halogens is 1. The summed E-state index contributed by atoms with van der Waals surface area (Å²) in [5.41, 5.74) is 2.32. The van der Waals surface area contributed by atoms with Crippen molar-refractivity contribution in [3.8, 4) is 11.1 Å². The summed E-state index contributed by atoms with van der Waals surface area (Å²) in [6.07, 6.45) is 0.610. The van der Waals surface area contributed by atoms with E-state index >= 15 is 0 Å². The third-order valence-electron chi connectivity index (χ3n) is 12.2. The number of fused-ring (bicyclic) bond motifs is 3. The molecule has 5 aliphatic rings.